The predicted molar refractivity (Wildman–Crippen MR) is 86.5 cm³/mol. The summed E-state index contributed by atoms with van der Waals surface area (Å²) in [6.45, 7) is 2.80. The van der Waals surface area contributed by atoms with Crippen molar-refractivity contribution in [3.8, 4) is 5.75 Å². The minimum absolute atomic E-state index is 0.302. The number of hydrogen-bond acceptors (Lipinski definition) is 3. The molecule has 0 aliphatic carbocycles. The molecule has 0 aliphatic heterocycles. The molecule has 7 heteroatoms. The van der Waals surface area contributed by atoms with Crippen molar-refractivity contribution in [3.05, 3.63) is 44.2 Å². The fourth-order valence-electron chi connectivity index (χ4n) is 2.08. The number of aromatic nitrogens is 2. The summed E-state index contributed by atoms with van der Waals surface area (Å²) in [4.78, 5) is 0. The molecule has 0 saturated heterocycles. The van der Waals surface area contributed by atoms with Gasteiger partial charge in [0.2, 0.25) is 0 Å². The number of aryl methyl sites for hydroxylation is 2. The molecule has 1 aromatic heterocycles. The SMILES string of the molecule is CNCc1cc(Cl)cc(Cl)c1OCc1c(C)nn(C)c1Cl. The summed E-state index contributed by atoms with van der Waals surface area (Å²) in [6.07, 6.45) is 0. The summed E-state index contributed by atoms with van der Waals surface area (Å²) in [7, 11) is 3.64. The average Bonchev–Trinajstić information content (AvgIpc) is 2.64. The monoisotopic (exact) mass is 347 g/mol. The molecule has 114 valence electrons. The zero-order chi connectivity index (χ0) is 15.6. The molecule has 0 saturated carbocycles. The number of ether oxygens (including phenoxy) is 1. The number of hydrogen-bond donors (Lipinski definition) is 1. The van der Waals surface area contributed by atoms with Crippen molar-refractivity contribution >= 4 is 34.8 Å². The topological polar surface area (TPSA) is 39.1 Å². The van der Waals surface area contributed by atoms with E-state index in [9.17, 15) is 0 Å². The van der Waals surface area contributed by atoms with Gasteiger partial charge in [0.05, 0.1) is 10.7 Å². The molecule has 0 atom stereocenters. The molecular weight excluding hydrogens is 333 g/mol. The van der Waals surface area contributed by atoms with Crippen LogP contribution < -0.4 is 10.1 Å². The molecule has 2 aromatic rings. The van der Waals surface area contributed by atoms with Crippen LogP contribution in [-0.2, 0) is 20.2 Å². The van der Waals surface area contributed by atoms with Gasteiger partial charge in [0.1, 0.15) is 17.5 Å². The Morgan fingerprint density at radius 1 is 1.29 bits per heavy atom. The second-order valence-electron chi connectivity index (χ2n) is 4.67. The Hall–Kier alpha value is -0.940. The van der Waals surface area contributed by atoms with Crippen LogP contribution in [0, 0.1) is 6.92 Å². The van der Waals surface area contributed by atoms with Gasteiger partial charge in [0, 0.05) is 29.7 Å². The molecular formula is C14H16Cl3N3O. The summed E-state index contributed by atoms with van der Waals surface area (Å²) in [5, 5.41) is 8.94. The van der Waals surface area contributed by atoms with Gasteiger partial charge in [0.25, 0.3) is 0 Å². The quantitative estimate of drug-likeness (QED) is 0.888. The summed E-state index contributed by atoms with van der Waals surface area (Å²) < 4.78 is 7.49. The number of nitrogens with one attached hydrogen (secondary N) is 1. The fraction of sp³-hybridized carbons (Fsp3) is 0.357. The second kappa shape index (κ2) is 6.88. The van der Waals surface area contributed by atoms with E-state index in [0.29, 0.717) is 34.1 Å². The molecule has 0 amide bonds. The molecule has 0 bridgehead atoms. The molecule has 4 nitrogen and oxygen atoms in total. The molecule has 1 aromatic carbocycles. The maximum absolute atomic E-state index is 6.23. The third-order valence-electron chi connectivity index (χ3n) is 3.08. The van der Waals surface area contributed by atoms with Gasteiger partial charge in [-0.25, -0.2) is 0 Å². The van der Waals surface area contributed by atoms with Crippen molar-refractivity contribution in [2.75, 3.05) is 7.05 Å². The maximum atomic E-state index is 6.23. The van der Waals surface area contributed by atoms with Crippen molar-refractivity contribution < 1.29 is 4.74 Å². The highest BCUT2D eigenvalue weighted by Gasteiger charge is 2.15. The molecule has 0 spiro atoms. The van der Waals surface area contributed by atoms with E-state index in [4.69, 9.17) is 39.5 Å². The lowest BCUT2D eigenvalue weighted by atomic mass is 10.2. The first kappa shape index (κ1) is 16.4. The van der Waals surface area contributed by atoms with Gasteiger partial charge < -0.3 is 10.1 Å². The first-order valence-corrected chi connectivity index (χ1v) is 7.50. The van der Waals surface area contributed by atoms with E-state index in [1.54, 1.807) is 17.8 Å². The average molecular weight is 349 g/mol. The van der Waals surface area contributed by atoms with Crippen LogP contribution in [0.15, 0.2) is 12.1 Å². The van der Waals surface area contributed by atoms with Crippen molar-refractivity contribution in [2.24, 2.45) is 7.05 Å². The highest BCUT2D eigenvalue weighted by atomic mass is 35.5. The largest absolute Gasteiger partial charge is 0.487 e. The predicted octanol–water partition coefficient (Wildman–Crippen LogP) is 3.99. The van der Waals surface area contributed by atoms with Crippen molar-refractivity contribution in [1.82, 2.24) is 15.1 Å². The summed E-state index contributed by atoms with van der Waals surface area (Å²) >= 11 is 18.5. The second-order valence-corrected chi connectivity index (χ2v) is 5.87. The van der Waals surface area contributed by atoms with Crippen LogP contribution >= 0.6 is 34.8 Å². The van der Waals surface area contributed by atoms with E-state index in [1.165, 1.54) is 0 Å². The summed E-state index contributed by atoms with van der Waals surface area (Å²) in [5.74, 6) is 0.606. The third kappa shape index (κ3) is 3.64. The van der Waals surface area contributed by atoms with Crippen molar-refractivity contribution in [2.45, 2.75) is 20.1 Å². The number of nitrogens with zero attached hydrogens (tertiary/aromatic N) is 2. The van der Waals surface area contributed by atoms with Gasteiger partial charge in [-0.15, -0.1) is 0 Å². The van der Waals surface area contributed by atoms with Crippen molar-refractivity contribution in [1.29, 1.82) is 0 Å². The van der Waals surface area contributed by atoms with Gasteiger partial charge in [-0.1, -0.05) is 34.8 Å². The Balaban J connectivity index is 2.27. The molecule has 0 fully saturated rings. The van der Waals surface area contributed by atoms with Crippen LogP contribution in [0.2, 0.25) is 15.2 Å². The van der Waals surface area contributed by atoms with Crippen molar-refractivity contribution in [3.63, 3.8) is 0 Å². The Labute approximate surface area is 138 Å². The van der Waals surface area contributed by atoms with Gasteiger partial charge in [-0.2, -0.15) is 5.10 Å². The fourth-order valence-corrected chi connectivity index (χ4v) is 2.90. The van der Waals surface area contributed by atoms with E-state index in [1.807, 2.05) is 20.0 Å². The van der Waals surface area contributed by atoms with E-state index in [0.717, 1.165) is 16.8 Å². The number of halogens is 3. The first-order chi connectivity index (χ1) is 9.93. The van der Waals surface area contributed by atoms with Gasteiger partial charge in [-0.05, 0) is 26.1 Å². The lowest BCUT2D eigenvalue weighted by Crippen LogP contribution is -2.08. The van der Waals surface area contributed by atoms with Crippen LogP contribution in [0.4, 0.5) is 0 Å². The van der Waals surface area contributed by atoms with E-state index in [2.05, 4.69) is 10.4 Å². The Bertz CT molecular complexity index is 655. The molecule has 2 rings (SSSR count). The highest BCUT2D eigenvalue weighted by molar-refractivity contribution is 6.35. The standard InChI is InChI=1S/C14H16Cl3N3O/c1-8-11(14(17)20(3)19-8)7-21-13-9(6-18-2)4-10(15)5-12(13)16/h4-5,18H,6-7H2,1-3H3. The first-order valence-electron chi connectivity index (χ1n) is 6.37. The maximum Gasteiger partial charge on any atom is 0.142 e. The number of benzene rings is 1. The van der Waals surface area contributed by atoms with Crippen LogP contribution in [0.5, 0.6) is 5.75 Å². The molecule has 0 radical (unpaired) electrons. The van der Waals surface area contributed by atoms with Gasteiger partial charge >= 0.3 is 0 Å². The van der Waals surface area contributed by atoms with Crippen LogP contribution in [0.1, 0.15) is 16.8 Å². The molecule has 21 heavy (non-hydrogen) atoms. The van der Waals surface area contributed by atoms with E-state index in [-0.39, 0.29) is 0 Å². The summed E-state index contributed by atoms with van der Waals surface area (Å²) in [5.41, 5.74) is 2.58. The highest BCUT2D eigenvalue weighted by Crippen LogP contribution is 2.33. The van der Waals surface area contributed by atoms with E-state index >= 15 is 0 Å². The third-order valence-corrected chi connectivity index (χ3v) is 4.05. The Morgan fingerprint density at radius 2 is 2.00 bits per heavy atom. The zero-order valence-electron chi connectivity index (χ0n) is 12.0. The Kier molecular flexibility index (Phi) is 5.38. The molecule has 0 unspecified atom stereocenters. The Morgan fingerprint density at radius 3 is 2.57 bits per heavy atom. The van der Waals surface area contributed by atoms with Crippen LogP contribution in [0.3, 0.4) is 0 Å². The van der Waals surface area contributed by atoms with Gasteiger partial charge in [-0.3, -0.25) is 4.68 Å². The van der Waals surface area contributed by atoms with Crippen LogP contribution in [0.25, 0.3) is 0 Å². The molecule has 1 N–H and O–H groups in total. The molecule has 1 heterocycles. The van der Waals surface area contributed by atoms with E-state index < -0.39 is 0 Å². The lowest BCUT2D eigenvalue weighted by Gasteiger charge is -2.14. The summed E-state index contributed by atoms with van der Waals surface area (Å²) in [6, 6.07) is 3.49. The normalized spacial score (nSPS) is 11.0. The van der Waals surface area contributed by atoms with Crippen LogP contribution in [-0.4, -0.2) is 16.8 Å². The zero-order valence-corrected chi connectivity index (χ0v) is 14.3. The molecule has 0 aliphatic rings. The number of rotatable bonds is 5. The minimum atomic E-state index is 0.302. The lowest BCUT2D eigenvalue weighted by molar-refractivity contribution is 0.302. The van der Waals surface area contributed by atoms with Gasteiger partial charge in [0.15, 0.2) is 0 Å². The minimum Gasteiger partial charge on any atom is -0.487 e. The smallest absolute Gasteiger partial charge is 0.142 e.